The van der Waals surface area contributed by atoms with Crippen molar-refractivity contribution in [1.29, 1.82) is 0 Å². The summed E-state index contributed by atoms with van der Waals surface area (Å²) in [5.74, 6) is 0.241. The van der Waals surface area contributed by atoms with Gasteiger partial charge in [0.05, 0.1) is 26.4 Å². The van der Waals surface area contributed by atoms with E-state index in [-0.39, 0.29) is 25.7 Å². The topological polar surface area (TPSA) is 237 Å². The van der Waals surface area contributed by atoms with Crippen LogP contribution in [0.4, 0.5) is 0 Å². The summed E-state index contributed by atoms with van der Waals surface area (Å²) in [5, 5.41) is 10.7. The average Bonchev–Trinajstić information content (AvgIpc) is 0.912. The highest BCUT2D eigenvalue weighted by Gasteiger charge is 2.30. The lowest BCUT2D eigenvalue weighted by Crippen LogP contribution is -2.30. The van der Waals surface area contributed by atoms with Crippen LogP contribution < -0.4 is 0 Å². The first-order chi connectivity index (χ1) is 49.3. The first-order valence-electron chi connectivity index (χ1n) is 42.9. The number of esters is 4. The minimum atomic E-state index is -4.96. The molecule has 102 heavy (non-hydrogen) atoms. The van der Waals surface area contributed by atoms with E-state index in [1.165, 1.54) is 244 Å². The van der Waals surface area contributed by atoms with Crippen molar-refractivity contribution in [3.05, 3.63) is 0 Å². The van der Waals surface area contributed by atoms with Crippen LogP contribution in [0.1, 0.15) is 434 Å². The van der Waals surface area contributed by atoms with Gasteiger partial charge in [0.2, 0.25) is 0 Å². The van der Waals surface area contributed by atoms with Crippen LogP contribution in [0.25, 0.3) is 0 Å². The number of ether oxygens (including phenoxy) is 4. The highest BCUT2D eigenvalue weighted by molar-refractivity contribution is 7.47. The fourth-order valence-corrected chi connectivity index (χ4v) is 14.4. The standard InChI is InChI=1S/C83H162O17P2/c1-8-10-11-12-13-14-15-16-17-18-19-22-25-28-36-43-50-57-64-80(85)93-70-78(99-82(87)66-59-52-45-37-29-26-23-20-21-24-27-33-40-47-54-61-74(3)4)72-97-101(89,90)95-68-77(84)69-96-102(91,92)98-73-79(71-94-81(86)65-58-51-44-39-32-34-41-48-55-62-75(5)6)100-83(88)67-60-53-46-38-31-30-35-42-49-56-63-76(7)9-2/h74-79,84H,8-73H2,1-7H3,(H,89,90)(H,91,92)/t76?,77-,78-,79-/m1/s1. The first-order valence-corrected chi connectivity index (χ1v) is 45.9. The van der Waals surface area contributed by atoms with Crippen molar-refractivity contribution in [2.45, 2.75) is 452 Å². The van der Waals surface area contributed by atoms with Crippen molar-refractivity contribution in [3.8, 4) is 0 Å². The molecule has 0 radical (unpaired) electrons. The van der Waals surface area contributed by atoms with Crippen molar-refractivity contribution >= 4 is 39.5 Å². The van der Waals surface area contributed by atoms with Crippen LogP contribution in [0.2, 0.25) is 0 Å². The predicted molar refractivity (Wildman–Crippen MR) is 418 cm³/mol. The number of rotatable bonds is 81. The van der Waals surface area contributed by atoms with Gasteiger partial charge in [0.1, 0.15) is 19.3 Å². The number of hydrogen-bond acceptors (Lipinski definition) is 15. The van der Waals surface area contributed by atoms with E-state index in [0.717, 1.165) is 108 Å². The predicted octanol–water partition coefficient (Wildman–Crippen LogP) is 24.9. The molecule has 0 aliphatic carbocycles. The fourth-order valence-electron chi connectivity index (χ4n) is 12.8. The number of carbonyl (C=O) groups is 4. The lowest BCUT2D eigenvalue weighted by atomic mass is 9.99. The molecule has 19 heteroatoms. The van der Waals surface area contributed by atoms with Gasteiger partial charge in [0, 0.05) is 25.7 Å². The summed E-state index contributed by atoms with van der Waals surface area (Å²) in [4.78, 5) is 73.1. The van der Waals surface area contributed by atoms with Crippen LogP contribution in [-0.4, -0.2) is 96.7 Å². The molecule has 0 amide bonds. The number of phosphoric acid groups is 2. The highest BCUT2D eigenvalue weighted by Crippen LogP contribution is 2.45. The van der Waals surface area contributed by atoms with Gasteiger partial charge in [-0.1, -0.05) is 382 Å². The maximum atomic E-state index is 13.1. The summed E-state index contributed by atoms with van der Waals surface area (Å²) in [7, 11) is -9.93. The second-order valence-corrected chi connectivity index (χ2v) is 34.0. The SMILES string of the molecule is CCCCCCCCCCCCCCCCCCCCC(=O)OC[C@H](COP(=O)(O)OC[C@@H](O)COP(=O)(O)OC[C@@H](COC(=O)CCCCCCCCCCCC(C)C)OC(=O)CCCCCCCCCCCCC(C)CC)OC(=O)CCCCCCCCCCCCCCCCCC(C)C. The molecule has 0 bridgehead atoms. The van der Waals surface area contributed by atoms with Crippen molar-refractivity contribution in [2.24, 2.45) is 17.8 Å². The van der Waals surface area contributed by atoms with Crippen LogP contribution in [0.15, 0.2) is 0 Å². The van der Waals surface area contributed by atoms with Gasteiger partial charge in [-0.2, -0.15) is 0 Å². The molecule has 0 spiro atoms. The molecule has 17 nitrogen and oxygen atoms in total. The first kappa shape index (κ1) is 100. The van der Waals surface area contributed by atoms with Crippen LogP contribution in [0.3, 0.4) is 0 Å². The molecule has 6 atom stereocenters. The maximum absolute atomic E-state index is 13.1. The third kappa shape index (κ3) is 74.9. The molecule has 0 aliphatic rings. The van der Waals surface area contributed by atoms with Crippen molar-refractivity contribution < 1.29 is 80.2 Å². The number of hydrogen-bond donors (Lipinski definition) is 3. The summed E-state index contributed by atoms with van der Waals surface area (Å²) >= 11 is 0. The maximum Gasteiger partial charge on any atom is 0.472 e. The monoisotopic (exact) mass is 1490 g/mol. The van der Waals surface area contributed by atoms with Gasteiger partial charge in [0.25, 0.3) is 0 Å². The molecule has 0 saturated carbocycles. The molecule has 606 valence electrons. The van der Waals surface area contributed by atoms with E-state index in [0.29, 0.717) is 25.7 Å². The van der Waals surface area contributed by atoms with E-state index in [1.807, 2.05) is 0 Å². The van der Waals surface area contributed by atoms with Crippen molar-refractivity contribution in [3.63, 3.8) is 0 Å². The summed E-state index contributed by atoms with van der Waals surface area (Å²) in [6.45, 7) is 12.0. The second kappa shape index (κ2) is 73.2. The molecule has 0 aromatic carbocycles. The number of unbranched alkanes of at least 4 members (excludes halogenated alkanes) is 48. The average molecular weight is 1490 g/mol. The molecule has 3 N–H and O–H groups in total. The Balaban J connectivity index is 5.26. The fraction of sp³-hybridized carbons (Fsp3) is 0.952. The lowest BCUT2D eigenvalue weighted by Gasteiger charge is -2.21. The summed E-state index contributed by atoms with van der Waals surface area (Å²) in [5.41, 5.74) is 0. The van der Waals surface area contributed by atoms with Gasteiger partial charge in [-0.25, -0.2) is 9.13 Å². The Bertz CT molecular complexity index is 1980. The number of carbonyl (C=O) groups excluding carboxylic acids is 4. The zero-order chi connectivity index (χ0) is 75.1. The quantitative estimate of drug-likeness (QED) is 0.0222. The van der Waals surface area contributed by atoms with Gasteiger partial charge >= 0.3 is 39.5 Å². The van der Waals surface area contributed by atoms with E-state index in [1.54, 1.807) is 0 Å². The van der Waals surface area contributed by atoms with E-state index >= 15 is 0 Å². The van der Waals surface area contributed by atoms with Gasteiger partial charge < -0.3 is 33.8 Å². The Labute approximate surface area is 626 Å². The van der Waals surface area contributed by atoms with Crippen LogP contribution in [0, 0.1) is 17.8 Å². The summed E-state index contributed by atoms with van der Waals surface area (Å²) in [6, 6.07) is 0. The Morgan fingerprint density at radius 3 is 0.745 bits per heavy atom. The number of phosphoric ester groups is 2. The Morgan fingerprint density at radius 1 is 0.284 bits per heavy atom. The van der Waals surface area contributed by atoms with E-state index in [2.05, 4.69) is 48.5 Å². The normalized spacial score (nSPS) is 14.2. The zero-order valence-corrected chi connectivity index (χ0v) is 68.9. The molecule has 0 saturated heterocycles. The molecular formula is C83H162O17P2. The van der Waals surface area contributed by atoms with Crippen LogP contribution in [0.5, 0.6) is 0 Å². The van der Waals surface area contributed by atoms with E-state index in [4.69, 9.17) is 37.0 Å². The van der Waals surface area contributed by atoms with Gasteiger partial charge in [-0.05, 0) is 43.4 Å². The second-order valence-electron chi connectivity index (χ2n) is 31.1. The van der Waals surface area contributed by atoms with Crippen molar-refractivity contribution in [2.75, 3.05) is 39.6 Å². The van der Waals surface area contributed by atoms with E-state index in [9.17, 15) is 43.2 Å². The van der Waals surface area contributed by atoms with Crippen LogP contribution in [-0.2, 0) is 65.4 Å². The summed E-state index contributed by atoms with van der Waals surface area (Å²) < 4.78 is 68.8. The zero-order valence-electron chi connectivity index (χ0n) is 67.1. The molecule has 0 aliphatic heterocycles. The number of aliphatic hydroxyl groups is 1. The Morgan fingerprint density at radius 2 is 0.500 bits per heavy atom. The number of aliphatic hydroxyl groups excluding tert-OH is 1. The van der Waals surface area contributed by atoms with Gasteiger partial charge in [0.15, 0.2) is 12.2 Å². The largest absolute Gasteiger partial charge is 0.472 e. The highest BCUT2D eigenvalue weighted by atomic mass is 31.2. The Kier molecular flexibility index (Phi) is 71.8. The minimum Gasteiger partial charge on any atom is -0.462 e. The van der Waals surface area contributed by atoms with Crippen molar-refractivity contribution in [1.82, 2.24) is 0 Å². The smallest absolute Gasteiger partial charge is 0.462 e. The van der Waals surface area contributed by atoms with Crippen LogP contribution >= 0.6 is 15.6 Å². The summed E-state index contributed by atoms with van der Waals surface area (Å²) in [6.07, 6.45) is 62.3. The molecule has 3 unspecified atom stereocenters. The van der Waals surface area contributed by atoms with Gasteiger partial charge in [-0.3, -0.25) is 37.3 Å². The molecule has 0 aromatic rings. The molecule has 0 fully saturated rings. The molecule has 0 heterocycles. The van der Waals surface area contributed by atoms with Gasteiger partial charge in [-0.15, -0.1) is 0 Å². The third-order valence-corrected chi connectivity index (χ3v) is 21.6. The third-order valence-electron chi connectivity index (χ3n) is 19.7. The molecule has 0 aromatic heterocycles. The molecular weight excluding hydrogens is 1330 g/mol. The molecule has 0 rings (SSSR count). The van der Waals surface area contributed by atoms with E-state index < -0.39 is 97.5 Å². The lowest BCUT2D eigenvalue weighted by molar-refractivity contribution is -0.161. The Hall–Kier alpha value is -1.94. The minimum absolute atomic E-state index is 0.106.